The lowest BCUT2D eigenvalue weighted by atomic mass is 10.1. The summed E-state index contributed by atoms with van der Waals surface area (Å²) in [6.45, 7) is 3.37. The maximum absolute atomic E-state index is 12.9. The van der Waals surface area contributed by atoms with E-state index in [1.165, 1.54) is 22.7 Å². The van der Waals surface area contributed by atoms with E-state index in [1.807, 2.05) is 52.1 Å². The number of aromatic amines is 1. The van der Waals surface area contributed by atoms with Crippen molar-refractivity contribution in [2.24, 2.45) is 0 Å². The maximum Gasteiger partial charge on any atom is 0.264 e. The first-order valence-corrected chi connectivity index (χ1v) is 12.0. The third-order valence-corrected chi connectivity index (χ3v) is 7.48. The third kappa shape index (κ3) is 4.04. The molecule has 4 aromatic rings. The second kappa shape index (κ2) is 8.55. The number of carbonyl (C=O) groups excluding carboxylic acids is 1. The molecule has 1 N–H and O–H groups in total. The van der Waals surface area contributed by atoms with Gasteiger partial charge >= 0.3 is 0 Å². The molecule has 4 heterocycles. The number of fused-ring (bicyclic) bond motifs is 1. The van der Waals surface area contributed by atoms with Gasteiger partial charge in [0, 0.05) is 47.7 Å². The number of nitrogens with one attached hydrogen (secondary N) is 1. The average Bonchev–Trinajstić information content (AvgIpc) is 3.45. The number of rotatable bonds is 4. The number of thiophene rings is 2. The molecule has 5 rings (SSSR count). The smallest absolute Gasteiger partial charge is 0.264 e. The fraction of sp³-hybridized carbons (Fsp3) is 0.227. The summed E-state index contributed by atoms with van der Waals surface area (Å²) in [5.74, 6) is 0.733. The van der Waals surface area contributed by atoms with E-state index in [0.717, 1.165) is 29.1 Å². The molecule has 1 amide bonds. The average molecular weight is 471 g/mol. The van der Waals surface area contributed by atoms with Gasteiger partial charge in [-0.3, -0.25) is 14.5 Å². The third-order valence-electron chi connectivity index (χ3n) is 5.42. The topological polar surface area (TPSA) is 69.3 Å². The number of halogens is 1. The summed E-state index contributed by atoms with van der Waals surface area (Å²) in [5.41, 5.74) is 1.50. The summed E-state index contributed by atoms with van der Waals surface area (Å²) in [6, 6.07) is 11.3. The van der Waals surface area contributed by atoms with Crippen LogP contribution in [-0.2, 0) is 6.54 Å². The molecule has 158 valence electrons. The van der Waals surface area contributed by atoms with E-state index in [2.05, 4.69) is 9.88 Å². The van der Waals surface area contributed by atoms with Crippen molar-refractivity contribution in [2.75, 3.05) is 26.2 Å². The molecule has 0 bridgehead atoms. The number of carbonyl (C=O) groups is 1. The molecular weight excluding hydrogens is 452 g/mol. The van der Waals surface area contributed by atoms with Crippen molar-refractivity contribution < 1.29 is 4.79 Å². The summed E-state index contributed by atoms with van der Waals surface area (Å²) in [7, 11) is 0. The summed E-state index contributed by atoms with van der Waals surface area (Å²) in [5, 5.41) is 5.05. The van der Waals surface area contributed by atoms with E-state index in [1.54, 1.807) is 0 Å². The minimum Gasteiger partial charge on any atom is -0.335 e. The van der Waals surface area contributed by atoms with E-state index < -0.39 is 0 Å². The van der Waals surface area contributed by atoms with Crippen LogP contribution in [0, 0.1) is 0 Å². The highest BCUT2D eigenvalue weighted by atomic mass is 35.5. The molecule has 0 spiro atoms. The lowest BCUT2D eigenvalue weighted by Crippen LogP contribution is -2.48. The van der Waals surface area contributed by atoms with Gasteiger partial charge in [0.1, 0.15) is 10.7 Å². The molecule has 31 heavy (non-hydrogen) atoms. The van der Waals surface area contributed by atoms with E-state index in [4.69, 9.17) is 16.6 Å². The molecule has 1 saturated heterocycles. The van der Waals surface area contributed by atoms with Crippen molar-refractivity contribution in [3.63, 3.8) is 0 Å². The van der Waals surface area contributed by atoms with Crippen molar-refractivity contribution >= 4 is 50.4 Å². The quantitative estimate of drug-likeness (QED) is 0.482. The normalized spacial score (nSPS) is 14.9. The van der Waals surface area contributed by atoms with Crippen molar-refractivity contribution in [1.29, 1.82) is 0 Å². The molecule has 0 aliphatic carbocycles. The van der Waals surface area contributed by atoms with Crippen LogP contribution in [-0.4, -0.2) is 51.9 Å². The molecule has 0 saturated carbocycles. The fourth-order valence-corrected chi connectivity index (χ4v) is 5.71. The fourth-order valence-electron chi connectivity index (χ4n) is 3.82. The van der Waals surface area contributed by atoms with Gasteiger partial charge in [0.05, 0.1) is 16.8 Å². The Morgan fingerprint density at radius 1 is 1.06 bits per heavy atom. The van der Waals surface area contributed by atoms with Gasteiger partial charge in [-0.05, 0) is 17.5 Å². The zero-order valence-electron chi connectivity index (χ0n) is 16.5. The predicted octanol–water partition coefficient (Wildman–Crippen LogP) is 4.32. The van der Waals surface area contributed by atoms with E-state index in [-0.39, 0.29) is 11.5 Å². The van der Waals surface area contributed by atoms with E-state index >= 15 is 0 Å². The second-order valence-electron chi connectivity index (χ2n) is 7.37. The summed E-state index contributed by atoms with van der Waals surface area (Å²) in [6.07, 6.45) is 0. The van der Waals surface area contributed by atoms with Gasteiger partial charge in [0.15, 0.2) is 0 Å². The minimum absolute atomic E-state index is 0.0910. The molecular formula is C22H19ClN4O2S2. The summed E-state index contributed by atoms with van der Waals surface area (Å²) in [4.78, 5) is 38.6. The van der Waals surface area contributed by atoms with Gasteiger partial charge in [-0.2, -0.15) is 0 Å². The predicted molar refractivity (Wildman–Crippen MR) is 126 cm³/mol. The van der Waals surface area contributed by atoms with Gasteiger partial charge in [-0.1, -0.05) is 35.9 Å². The Morgan fingerprint density at radius 3 is 2.61 bits per heavy atom. The number of hydrogen-bond donors (Lipinski definition) is 1. The van der Waals surface area contributed by atoms with Crippen molar-refractivity contribution in [3.8, 4) is 11.1 Å². The highest BCUT2D eigenvalue weighted by molar-refractivity contribution is 7.17. The van der Waals surface area contributed by atoms with Crippen LogP contribution in [0.25, 0.3) is 21.3 Å². The standard InChI is InChI=1S/C22H19ClN4O2S2/c23-16-5-2-1-4-14(16)15-13-31-21-19(15)20(28)24-18(25-21)12-26-7-9-27(10-8-26)22(29)17-6-3-11-30-17/h1-6,11,13H,7-10,12H2,(H,24,25,28). The van der Waals surface area contributed by atoms with E-state index in [0.29, 0.717) is 40.7 Å². The summed E-state index contributed by atoms with van der Waals surface area (Å²) >= 11 is 9.25. The van der Waals surface area contributed by atoms with Gasteiger partial charge in [-0.15, -0.1) is 22.7 Å². The number of amides is 1. The van der Waals surface area contributed by atoms with Crippen molar-refractivity contribution in [3.05, 3.63) is 73.2 Å². The largest absolute Gasteiger partial charge is 0.335 e. The highest BCUT2D eigenvalue weighted by Crippen LogP contribution is 2.34. The Bertz CT molecular complexity index is 1290. The zero-order valence-corrected chi connectivity index (χ0v) is 18.9. The van der Waals surface area contributed by atoms with Crippen LogP contribution in [0.15, 0.2) is 52.0 Å². The molecule has 1 aromatic carbocycles. The Hall–Kier alpha value is -2.52. The van der Waals surface area contributed by atoms with Gasteiger partial charge in [-0.25, -0.2) is 4.98 Å². The first-order chi connectivity index (χ1) is 15.1. The molecule has 3 aromatic heterocycles. The van der Waals surface area contributed by atoms with Crippen LogP contribution in [0.3, 0.4) is 0 Å². The van der Waals surface area contributed by atoms with Crippen molar-refractivity contribution in [2.45, 2.75) is 6.54 Å². The van der Waals surface area contributed by atoms with Crippen LogP contribution in [0.4, 0.5) is 0 Å². The Morgan fingerprint density at radius 2 is 1.87 bits per heavy atom. The SMILES string of the molecule is O=C(c1cccs1)N1CCN(Cc2nc3scc(-c4ccccc4Cl)c3c(=O)[nH]2)CC1. The molecule has 1 aliphatic rings. The van der Waals surface area contributed by atoms with Crippen LogP contribution in [0.2, 0.25) is 5.02 Å². The summed E-state index contributed by atoms with van der Waals surface area (Å²) < 4.78 is 0. The second-order valence-corrected chi connectivity index (χ2v) is 9.58. The Balaban J connectivity index is 1.31. The van der Waals surface area contributed by atoms with E-state index in [9.17, 15) is 9.59 Å². The number of nitrogens with zero attached hydrogens (tertiary/aromatic N) is 3. The van der Waals surface area contributed by atoms with Crippen LogP contribution < -0.4 is 5.56 Å². The van der Waals surface area contributed by atoms with Gasteiger partial charge in [0.25, 0.3) is 11.5 Å². The number of piperazine rings is 1. The minimum atomic E-state index is -0.150. The van der Waals surface area contributed by atoms with Crippen LogP contribution in [0.1, 0.15) is 15.5 Å². The highest BCUT2D eigenvalue weighted by Gasteiger charge is 2.23. The molecule has 0 unspecified atom stereocenters. The number of hydrogen-bond acceptors (Lipinski definition) is 6. The zero-order chi connectivity index (χ0) is 21.4. The van der Waals surface area contributed by atoms with Gasteiger partial charge in [0.2, 0.25) is 0 Å². The molecule has 1 fully saturated rings. The monoisotopic (exact) mass is 470 g/mol. The Kier molecular flexibility index (Phi) is 5.62. The van der Waals surface area contributed by atoms with Crippen LogP contribution >= 0.6 is 34.3 Å². The first-order valence-electron chi connectivity index (χ1n) is 9.90. The Labute approximate surface area is 191 Å². The first kappa shape index (κ1) is 20.4. The molecule has 1 aliphatic heterocycles. The molecule has 0 atom stereocenters. The number of benzene rings is 1. The van der Waals surface area contributed by atoms with Gasteiger partial charge < -0.3 is 9.88 Å². The molecule has 9 heteroatoms. The van der Waals surface area contributed by atoms with Crippen LogP contribution in [0.5, 0.6) is 0 Å². The van der Waals surface area contributed by atoms with Crippen molar-refractivity contribution in [1.82, 2.24) is 19.8 Å². The number of H-pyrrole nitrogens is 1. The molecule has 0 radical (unpaired) electrons. The maximum atomic E-state index is 12.9. The number of aromatic nitrogens is 2. The molecule has 6 nitrogen and oxygen atoms in total. The lowest BCUT2D eigenvalue weighted by molar-refractivity contribution is 0.0630. The lowest BCUT2D eigenvalue weighted by Gasteiger charge is -2.34.